The Labute approximate surface area is 111 Å². The quantitative estimate of drug-likeness (QED) is 0.923. The summed E-state index contributed by atoms with van der Waals surface area (Å²) in [7, 11) is 3.59. The van der Waals surface area contributed by atoms with Crippen molar-refractivity contribution in [3.05, 3.63) is 35.2 Å². The van der Waals surface area contributed by atoms with Crippen LogP contribution in [0.5, 0.6) is 5.75 Å². The first-order valence-electron chi connectivity index (χ1n) is 5.73. The van der Waals surface area contributed by atoms with E-state index in [4.69, 9.17) is 22.1 Å². The molecule has 2 rings (SSSR count). The number of halogens is 1. The molecule has 18 heavy (non-hydrogen) atoms. The summed E-state index contributed by atoms with van der Waals surface area (Å²) in [5.74, 6) is 1.69. The number of hydrogen-bond donors (Lipinski definition) is 1. The lowest BCUT2D eigenvalue weighted by Crippen LogP contribution is -2.08. The van der Waals surface area contributed by atoms with Gasteiger partial charge in [0.05, 0.1) is 12.8 Å². The zero-order valence-electron chi connectivity index (χ0n) is 10.5. The predicted octanol–water partition coefficient (Wildman–Crippen LogP) is 2.25. The molecule has 1 heterocycles. The SMILES string of the molecule is COc1cccc(-c2c(Cl)nc(CCN)n2C)c1. The largest absolute Gasteiger partial charge is 0.497 e. The zero-order valence-corrected chi connectivity index (χ0v) is 11.2. The lowest BCUT2D eigenvalue weighted by atomic mass is 10.1. The molecule has 0 fully saturated rings. The van der Waals surface area contributed by atoms with Gasteiger partial charge >= 0.3 is 0 Å². The molecule has 0 bridgehead atoms. The summed E-state index contributed by atoms with van der Waals surface area (Å²) < 4.78 is 7.19. The molecule has 2 aromatic rings. The fraction of sp³-hybridized carbons (Fsp3) is 0.308. The number of ether oxygens (including phenoxy) is 1. The highest BCUT2D eigenvalue weighted by Gasteiger charge is 2.14. The van der Waals surface area contributed by atoms with Crippen molar-refractivity contribution in [2.45, 2.75) is 6.42 Å². The maximum atomic E-state index is 6.20. The molecule has 5 heteroatoms. The molecule has 0 saturated carbocycles. The van der Waals surface area contributed by atoms with E-state index in [1.165, 1.54) is 0 Å². The predicted molar refractivity (Wildman–Crippen MR) is 73.0 cm³/mol. The van der Waals surface area contributed by atoms with Crippen molar-refractivity contribution in [3.8, 4) is 17.0 Å². The molecule has 2 N–H and O–H groups in total. The fourth-order valence-corrected chi connectivity index (χ4v) is 2.28. The van der Waals surface area contributed by atoms with E-state index < -0.39 is 0 Å². The highest BCUT2D eigenvalue weighted by Crippen LogP contribution is 2.30. The van der Waals surface area contributed by atoms with Gasteiger partial charge in [-0.2, -0.15) is 0 Å². The third-order valence-corrected chi connectivity index (χ3v) is 3.12. The van der Waals surface area contributed by atoms with E-state index in [2.05, 4.69) is 4.98 Å². The van der Waals surface area contributed by atoms with Gasteiger partial charge in [0.15, 0.2) is 5.15 Å². The van der Waals surface area contributed by atoms with Crippen LogP contribution < -0.4 is 10.5 Å². The summed E-state index contributed by atoms with van der Waals surface area (Å²) in [4.78, 5) is 4.34. The van der Waals surface area contributed by atoms with Crippen molar-refractivity contribution < 1.29 is 4.74 Å². The van der Waals surface area contributed by atoms with Gasteiger partial charge in [0.2, 0.25) is 0 Å². The minimum atomic E-state index is 0.495. The van der Waals surface area contributed by atoms with E-state index in [1.807, 2.05) is 35.9 Å². The van der Waals surface area contributed by atoms with E-state index >= 15 is 0 Å². The molecule has 0 unspecified atom stereocenters. The third kappa shape index (κ3) is 2.35. The second-order valence-electron chi connectivity index (χ2n) is 4.00. The van der Waals surface area contributed by atoms with Crippen molar-refractivity contribution in [2.75, 3.05) is 13.7 Å². The van der Waals surface area contributed by atoms with Crippen LogP contribution in [0.4, 0.5) is 0 Å². The molecule has 0 radical (unpaired) electrons. The first-order valence-corrected chi connectivity index (χ1v) is 6.10. The minimum Gasteiger partial charge on any atom is -0.497 e. The van der Waals surface area contributed by atoms with Gasteiger partial charge in [0.1, 0.15) is 11.6 Å². The van der Waals surface area contributed by atoms with Gasteiger partial charge in [-0.15, -0.1) is 0 Å². The van der Waals surface area contributed by atoms with E-state index in [1.54, 1.807) is 7.11 Å². The Bertz CT molecular complexity index is 551. The summed E-state index contributed by atoms with van der Waals surface area (Å²) in [6, 6.07) is 7.75. The maximum Gasteiger partial charge on any atom is 0.155 e. The lowest BCUT2D eigenvalue weighted by molar-refractivity contribution is 0.415. The molecule has 0 aliphatic heterocycles. The van der Waals surface area contributed by atoms with Crippen LogP contribution in [0, 0.1) is 0 Å². The number of nitrogens with two attached hydrogens (primary N) is 1. The number of methoxy groups -OCH3 is 1. The van der Waals surface area contributed by atoms with Crippen LogP contribution in [0.3, 0.4) is 0 Å². The Balaban J connectivity index is 2.49. The molecule has 4 nitrogen and oxygen atoms in total. The highest BCUT2D eigenvalue weighted by atomic mass is 35.5. The van der Waals surface area contributed by atoms with Crippen LogP contribution in [-0.4, -0.2) is 23.2 Å². The van der Waals surface area contributed by atoms with E-state index in [-0.39, 0.29) is 0 Å². The second kappa shape index (κ2) is 5.42. The summed E-state index contributed by atoms with van der Waals surface area (Å²) in [5.41, 5.74) is 7.43. The van der Waals surface area contributed by atoms with Gasteiger partial charge in [-0.1, -0.05) is 23.7 Å². The Morgan fingerprint density at radius 1 is 1.44 bits per heavy atom. The van der Waals surface area contributed by atoms with Gasteiger partial charge < -0.3 is 15.0 Å². The molecule has 0 spiro atoms. The van der Waals surface area contributed by atoms with Crippen LogP contribution in [0.2, 0.25) is 5.15 Å². The third-order valence-electron chi connectivity index (χ3n) is 2.86. The Morgan fingerprint density at radius 2 is 2.22 bits per heavy atom. The zero-order chi connectivity index (χ0) is 13.1. The maximum absolute atomic E-state index is 6.20. The number of benzene rings is 1. The normalized spacial score (nSPS) is 10.7. The van der Waals surface area contributed by atoms with Crippen LogP contribution in [0.15, 0.2) is 24.3 Å². The summed E-state index contributed by atoms with van der Waals surface area (Å²) in [5, 5.41) is 0.495. The summed E-state index contributed by atoms with van der Waals surface area (Å²) >= 11 is 6.20. The van der Waals surface area contributed by atoms with Crippen molar-refractivity contribution in [2.24, 2.45) is 12.8 Å². The molecule has 0 amide bonds. The van der Waals surface area contributed by atoms with Crippen LogP contribution in [0.1, 0.15) is 5.82 Å². The van der Waals surface area contributed by atoms with Crippen molar-refractivity contribution in [1.29, 1.82) is 0 Å². The topological polar surface area (TPSA) is 53.1 Å². The van der Waals surface area contributed by atoms with E-state index in [0.717, 1.165) is 22.8 Å². The lowest BCUT2D eigenvalue weighted by Gasteiger charge is -2.07. The molecule has 1 aromatic carbocycles. The van der Waals surface area contributed by atoms with Crippen LogP contribution in [-0.2, 0) is 13.5 Å². The molecule has 0 aliphatic carbocycles. The highest BCUT2D eigenvalue weighted by molar-refractivity contribution is 6.32. The average Bonchev–Trinajstić information content (AvgIpc) is 2.65. The molecule has 0 atom stereocenters. The monoisotopic (exact) mass is 265 g/mol. The summed E-state index contributed by atoms with van der Waals surface area (Å²) in [6.07, 6.45) is 0.709. The Kier molecular flexibility index (Phi) is 3.89. The standard InChI is InChI=1S/C13H16ClN3O/c1-17-11(6-7-15)16-13(14)12(17)9-4-3-5-10(8-9)18-2/h3-5,8H,6-7,15H2,1-2H3. The van der Waals surface area contributed by atoms with E-state index in [9.17, 15) is 0 Å². The number of imidazole rings is 1. The van der Waals surface area contributed by atoms with Crippen LogP contribution in [0.25, 0.3) is 11.3 Å². The number of hydrogen-bond acceptors (Lipinski definition) is 3. The molecule has 1 aromatic heterocycles. The second-order valence-corrected chi connectivity index (χ2v) is 4.36. The van der Waals surface area contributed by atoms with Crippen molar-refractivity contribution >= 4 is 11.6 Å². The minimum absolute atomic E-state index is 0.495. The first kappa shape index (κ1) is 12.9. The molecular formula is C13H16ClN3O. The fourth-order valence-electron chi connectivity index (χ4n) is 1.94. The number of aromatic nitrogens is 2. The Morgan fingerprint density at radius 3 is 2.89 bits per heavy atom. The number of rotatable bonds is 4. The van der Waals surface area contributed by atoms with Gasteiger partial charge in [-0.05, 0) is 18.7 Å². The smallest absolute Gasteiger partial charge is 0.155 e. The van der Waals surface area contributed by atoms with E-state index in [0.29, 0.717) is 18.1 Å². The number of nitrogens with zero attached hydrogens (tertiary/aromatic N) is 2. The molecule has 0 aliphatic rings. The van der Waals surface area contributed by atoms with Gasteiger partial charge in [-0.3, -0.25) is 0 Å². The average molecular weight is 266 g/mol. The molecule has 0 saturated heterocycles. The van der Waals surface area contributed by atoms with Crippen molar-refractivity contribution in [3.63, 3.8) is 0 Å². The molecule has 96 valence electrons. The van der Waals surface area contributed by atoms with Gasteiger partial charge in [0.25, 0.3) is 0 Å². The first-order chi connectivity index (χ1) is 8.67. The van der Waals surface area contributed by atoms with Gasteiger partial charge in [-0.25, -0.2) is 4.98 Å². The van der Waals surface area contributed by atoms with Crippen LogP contribution >= 0.6 is 11.6 Å². The van der Waals surface area contributed by atoms with Gasteiger partial charge in [0, 0.05) is 19.0 Å². The summed E-state index contributed by atoms with van der Waals surface area (Å²) in [6.45, 7) is 0.554. The molecular weight excluding hydrogens is 250 g/mol. The van der Waals surface area contributed by atoms with Crippen molar-refractivity contribution in [1.82, 2.24) is 9.55 Å². The Hall–Kier alpha value is -1.52.